The average molecular weight is 299 g/mol. The molecule has 116 valence electrons. The van der Waals surface area contributed by atoms with Crippen molar-refractivity contribution >= 4 is 5.91 Å². The van der Waals surface area contributed by atoms with Crippen molar-refractivity contribution in [1.82, 2.24) is 15.0 Å². The van der Waals surface area contributed by atoms with E-state index in [2.05, 4.69) is 34.3 Å². The summed E-state index contributed by atoms with van der Waals surface area (Å²) in [5.41, 5.74) is 2.05. The molecule has 1 aliphatic rings. The predicted octanol–water partition coefficient (Wildman–Crippen LogP) is 2.33. The van der Waals surface area contributed by atoms with E-state index >= 15 is 0 Å². The van der Waals surface area contributed by atoms with Crippen molar-refractivity contribution in [2.75, 3.05) is 26.2 Å². The van der Waals surface area contributed by atoms with Crippen molar-refractivity contribution in [3.8, 4) is 0 Å². The molecule has 0 saturated carbocycles. The third-order valence-electron chi connectivity index (χ3n) is 3.96. The Kier molecular flexibility index (Phi) is 4.53. The SMILES string of the molecule is Cc1cc(C(=O)N2CCCN(Cc3ccccc3)CC2)on1. The first-order valence-corrected chi connectivity index (χ1v) is 7.71. The average Bonchev–Trinajstić information content (AvgIpc) is 2.83. The molecule has 0 atom stereocenters. The quantitative estimate of drug-likeness (QED) is 0.873. The lowest BCUT2D eigenvalue weighted by Crippen LogP contribution is -2.34. The molecular formula is C17H21N3O2. The van der Waals surface area contributed by atoms with Crippen molar-refractivity contribution in [3.05, 3.63) is 53.4 Å². The van der Waals surface area contributed by atoms with Crippen LogP contribution in [0.5, 0.6) is 0 Å². The van der Waals surface area contributed by atoms with Gasteiger partial charge in [0.15, 0.2) is 0 Å². The van der Waals surface area contributed by atoms with E-state index in [0.29, 0.717) is 5.76 Å². The van der Waals surface area contributed by atoms with Crippen LogP contribution in [0.1, 0.15) is 28.2 Å². The van der Waals surface area contributed by atoms with Crippen molar-refractivity contribution in [1.29, 1.82) is 0 Å². The fourth-order valence-corrected chi connectivity index (χ4v) is 2.79. The summed E-state index contributed by atoms with van der Waals surface area (Å²) in [5, 5.41) is 3.79. The zero-order valence-corrected chi connectivity index (χ0v) is 12.9. The third kappa shape index (κ3) is 3.54. The van der Waals surface area contributed by atoms with Crippen LogP contribution in [-0.2, 0) is 6.54 Å². The maximum Gasteiger partial charge on any atom is 0.292 e. The monoisotopic (exact) mass is 299 g/mol. The number of rotatable bonds is 3. The summed E-state index contributed by atoms with van der Waals surface area (Å²) in [6, 6.07) is 12.2. The van der Waals surface area contributed by atoms with E-state index in [-0.39, 0.29) is 5.91 Å². The number of amides is 1. The molecule has 1 aromatic carbocycles. The molecule has 1 aromatic heterocycles. The second kappa shape index (κ2) is 6.75. The molecule has 1 amide bonds. The zero-order chi connectivity index (χ0) is 15.4. The number of nitrogens with zero attached hydrogens (tertiary/aromatic N) is 3. The summed E-state index contributed by atoms with van der Waals surface area (Å²) in [5.74, 6) is 0.288. The smallest absolute Gasteiger partial charge is 0.292 e. The van der Waals surface area contributed by atoms with Gasteiger partial charge in [-0.25, -0.2) is 0 Å². The van der Waals surface area contributed by atoms with E-state index in [1.165, 1.54) is 5.56 Å². The van der Waals surface area contributed by atoms with Gasteiger partial charge in [0, 0.05) is 38.8 Å². The highest BCUT2D eigenvalue weighted by Crippen LogP contribution is 2.12. The predicted molar refractivity (Wildman–Crippen MR) is 83.5 cm³/mol. The lowest BCUT2D eigenvalue weighted by molar-refractivity contribution is 0.0719. The summed E-state index contributed by atoms with van der Waals surface area (Å²) in [6.45, 7) is 6.14. The highest BCUT2D eigenvalue weighted by atomic mass is 16.5. The van der Waals surface area contributed by atoms with Gasteiger partial charge in [0.2, 0.25) is 5.76 Å². The van der Waals surface area contributed by atoms with E-state index in [1.807, 2.05) is 17.9 Å². The van der Waals surface area contributed by atoms with Gasteiger partial charge in [-0.05, 0) is 18.9 Å². The van der Waals surface area contributed by atoms with Gasteiger partial charge in [0.1, 0.15) is 0 Å². The van der Waals surface area contributed by atoms with Crippen molar-refractivity contribution in [2.24, 2.45) is 0 Å². The van der Waals surface area contributed by atoms with E-state index in [9.17, 15) is 4.79 Å². The highest BCUT2D eigenvalue weighted by molar-refractivity contribution is 5.91. The second-order valence-electron chi connectivity index (χ2n) is 5.74. The molecule has 0 N–H and O–H groups in total. The first kappa shape index (κ1) is 14.8. The van der Waals surface area contributed by atoms with Gasteiger partial charge >= 0.3 is 0 Å². The van der Waals surface area contributed by atoms with Gasteiger partial charge in [-0.3, -0.25) is 9.69 Å². The Morgan fingerprint density at radius 2 is 2.00 bits per heavy atom. The Balaban J connectivity index is 1.59. The second-order valence-corrected chi connectivity index (χ2v) is 5.74. The Morgan fingerprint density at radius 1 is 1.18 bits per heavy atom. The number of aryl methyl sites for hydroxylation is 1. The largest absolute Gasteiger partial charge is 0.351 e. The van der Waals surface area contributed by atoms with Crippen LogP contribution in [-0.4, -0.2) is 47.0 Å². The molecule has 3 rings (SSSR count). The van der Waals surface area contributed by atoms with Crippen LogP contribution >= 0.6 is 0 Å². The van der Waals surface area contributed by atoms with Gasteiger partial charge in [0.05, 0.1) is 5.69 Å². The molecule has 2 aromatic rings. The molecular weight excluding hydrogens is 278 g/mol. The van der Waals surface area contributed by atoms with Gasteiger partial charge in [-0.2, -0.15) is 0 Å². The molecule has 0 spiro atoms. The fraction of sp³-hybridized carbons (Fsp3) is 0.412. The van der Waals surface area contributed by atoms with Gasteiger partial charge in [-0.15, -0.1) is 0 Å². The molecule has 5 nitrogen and oxygen atoms in total. The normalized spacial score (nSPS) is 16.5. The van der Waals surface area contributed by atoms with Crippen LogP contribution < -0.4 is 0 Å². The summed E-state index contributed by atoms with van der Waals surface area (Å²) in [7, 11) is 0. The zero-order valence-electron chi connectivity index (χ0n) is 12.9. The summed E-state index contributed by atoms with van der Waals surface area (Å²) in [4.78, 5) is 16.7. The topological polar surface area (TPSA) is 49.6 Å². The number of carbonyl (C=O) groups excluding carboxylic acids is 1. The minimum Gasteiger partial charge on any atom is -0.351 e. The lowest BCUT2D eigenvalue weighted by atomic mass is 10.2. The van der Waals surface area contributed by atoms with Gasteiger partial charge in [0.25, 0.3) is 5.91 Å². The van der Waals surface area contributed by atoms with E-state index in [4.69, 9.17) is 4.52 Å². The molecule has 1 fully saturated rings. The Labute approximate surface area is 130 Å². The standard InChI is InChI=1S/C17H21N3O2/c1-14-12-16(22-18-14)17(21)20-9-5-8-19(10-11-20)13-15-6-3-2-4-7-15/h2-4,6-7,12H,5,8-11,13H2,1H3. The molecule has 2 heterocycles. The maximum atomic E-state index is 12.4. The van der Waals surface area contributed by atoms with Gasteiger partial charge < -0.3 is 9.42 Å². The van der Waals surface area contributed by atoms with Gasteiger partial charge in [-0.1, -0.05) is 35.5 Å². The Hall–Kier alpha value is -2.14. The lowest BCUT2D eigenvalue weighted by Gasteiger charge is -2.21. The molecule has 22 heavy (non-hydrogen) atoms. The van der Waals surface area contributed by atoms with Crippen molar-refractivity contribution in [2.45, 2.75) is 19.9 Å². The van der Waals surface area contributed by atoms with Crippen LogP contribution in [0, 0.1) is 6.92 Å². The van der Waals surface area contributed by atoms with E-state index in [1.54, 1.807) is 6.07 Å². The molecule has 5 heteroatoms. The third-order valence-corrected chi connectivity index (χ3v) is 3.96. The maximum absolute atomic E-state index is 12.4. The number of hydrogen-bond acceptors (Lipinski definition) is 4. The summed E-state index contributed by atoms with van der Waals surface area (Å²) in [6.07, 6.45) is 0.978. The molecule has 0 bridgehead atoms. The van der Waals surface area contributed by atoms with Crippen LogP contribution in [0.15, 0.2) is 40.9 Å². The van der Waals surface area contributed by atoms with Crippen LogP contribution in [0.3, 0.4) is 0 Å². The van der Waals surface area contributed by atoms with Crippen molar-refractivity contribution in [3.63, 3.8) is 0 Å². The molecule has 1 saturated heterocycles. The number of carbonyl (C=O) groups is 1. The number of aromatic nitrogens is 1. The van der Waals surface area contributed by atoms with Crippen molar-refractivity contribution < 1.29 is 9.32 Å². The Bertz CT molecular complexity index is 624. The summed E-state index contributed by atoms with van der Waals surface area (Å²) < 4.78 is 5.09. The molecule has 0 radical (unpaired) electrons. The minimum atomic E-state index is -0.0536. The summed E-state index contributed by atoms with van der Waals surface area (Å²) >= 11 is 0. The van der Waals surface area contributed by atoms with Crippen LogP contribution in [0.25, 0.3) is 0 Å². The number of benzene rings is 1. The minimum absolute atomic E-state index is 0.0536. The first-order chi connectivity index (χ1) is 10.7. The molecule has 0 unspecified atom stereocenters. The molecule has 1 aliphatic heterocycles. The fourth-order valence-electron chi connectivity index (χ4n) is 2.79. The molecule has 0 aliphatic carbocycles. The van der Waals surface area contributed by atoms with E-state index in [0.717, 1.165) is 44.8 Å². The number of hydrogen-bond donors (Lipinski definition) is 0. The van der Waals surface area contributed by atoms with Crippen LogP contribution in [0.2, 0.25) is 0 Å². The highest BCUT2D eigenvalue weighted by Gasteiger charge is 2.23. The van der Waals surface area contributed by atoms with Crippen LogP contribution in [0.4, 0.5) is 0 Å². The first-order valence-electron chi connectivity index (χ1n) is 7.71. The Morgan fingerprint density at radius 3 is 2.73 bits per heavy atom. The van der Waals surface area contributed by atoms with E-state index < -0.39 is 0 Å².